The van der Waals surface area contributed by atoms with Gasteiger partial charge in [0.15, 0.2) is 0 Å². The van der Waals surface area contributed by atoms with Crippen LogP contribution in [0.2, 0.25) is 5.02 Å². The Kier molecular flexibility index (Phi) is 4.05. The molecule has 0 aliphatic heterocycles. The summed E-state index contributed by atoms with van der Waals surface area (Å²) in [6, 6.07) is 4.76. The summed E-state index contributed by atoms with van der Waals surface area (Å²) < 4.78 is 1.23. The van der Waals surface area contributed by atoms with Gasteiger partial charge in [-0.25, -0.2) is 9.78 Å². The molecule has 104 valence electrons. The van der Waals surface area contributed by atoms with Gasteiger partial charge in [-0.2, -0.15) is 0 Å². The summed E-state index contributed by atoms with van der Waals surface area (Å²) in [6.07, 6.45) is 3.02. The standard InChI is InChI=1S/C13H13ClN4O2/c1-8-5-16-13(20)18(6-8)7-12(19)17-11-3-2-9(14)4-10(11)15/h2-6H,7,15H2,1H3,(H,17,19). The van der Waals surface area contributed by atoms with E-state index >= 15 is 0 Å². The van der Waals surface area contributed by atoms with E-state index in [1.165, 1.54) is 16.8 Å². The minimum Gasteiger partial charge on any atom is -0.397 e. The quantitative estimate of drug-likeness (QED) is 0.837. The molecule has 0 spiro atoms. The number of anilines is 2. The molecule has 0 saturated heterocycles. The molecular formula is C13H13ClN4O2. The Balaban J connectivity index is 2.13. The van der Waals surface area contributed by atoms with Crippen molar-refractivity contribution in [2.24, 2.45) is 0 Å². The van der Waals surface area contributed by atoms with Crippen LogP contribution >= 0.6 is 11.6 Å². The molecule has 7 heteroatoms. The van der Waals surface area contributed by atoms with Gasteiger partial charge in [0.05, 0.1) is 11.4 Å². The lowest BCUT2D eigenvalue weighted by Crippen LogP contribution is -2.29. The molecule has 20 heavy (non-hydrogen) atoms. The van der Waals surface area contributed by atoms with Gasteiger partial charge < -0.3 is 11.1 Å². The van der Waals surface area contributed by atoms with E-state index < -0.39 is 5.69 Å². The molecule has 3 N–H and O–H groups in total. The predicted molar refractivity (Wildman–Crippen MR) is 77.7 cm³/mol. The Labute approximate surface area is 120 Å². The Morgan fingerprint density at radius 2 is 2.25 bits per heavy atom. The number of aromatic nitrogens is 2. The number of nitrogens with two attached hydrogens (primary N) is 1. The van der Waals surface area contributed by atoms with Crippen LogP contribution in [0.15, 0.2) is 35.4 Å². The van der Waals surface area contributed by atoms with Crippen LogP contribution in [0.3, 0.4) is 0 Å². The molecule has 2 rings (SSSR count). The minimum atomic E-state index is -0.477. The monoisotopic (exact) mass is 292 g/mol. The number of nitrogens with zero attached hydrogens (tertiary/aromatic N) is 2. The molecule has 0 saturated carbocycles. The zero-order valence-electron chi connectivity index (χ0n) is 10.8. The number of carbonyl (C=O) groups is 1. The van der Waals surface area contributed by atoms with Crippen LogP contribution in [0.1, 0.15) is 5.56 Å². The van der Waals surface area contributed by atoms with Gasteiger partial charge in [-0.3, -0.25) is 9.36 Å². The number of amides is 1. The summed E-state index contributed by atoms with van der Waals surface area (Å²) in [4.78, 5) is 27.0. The maximum atomic E-state index is 11.9. The molecule has 1 aromatic carbocycles. The average molecular weight is 293 g/mol. The smallest absolute Gasteiger partial charge is 0.347 e. The Bertz CT molecular complexity index is 712. The van der Waals surface area contributed by atoms with Crippen LogP contribution in [0.4, 0.5) is 11.4 Å². The second-order valence-electron chi connectivity index (χ2n) is 4.32. The van der Waals surface area contributed by atoms with Crippen molar-refractivity contribution in [1.82, 2.24) is 9.55 Å². The van der Waals surface area contributed by atoms with Crippen LogP contribution in [0.5, 0.6) is 0 Å². The minimum absolute atomic E-state index is 0.129. The Hall–Kier alpha value is -2.34. The Morgan fingerprint density at radius 3 is 2.95 bits per heavy atom. The highest BCUT2D eigenvalue weighted by molar-refractivity contribution is 6.31. The van der Waals surface area contributed by atoms with Crippen molar-refractivity contribution in [2.75, 3.05) is 11.1 Å². The maximum absolute atomic E-state index is 11.9. The predicted octanol–water partition coefficient (Wildman–Crippen LogP) is 1.43. The zero-order chi connectivity index (χ0) is 14.7. The summed E-state index contributed by atoms with van der Waals surface area (Å²) >= 11 is 5.78. The van der Waals surface area contributed by atoms with E-state index in [2.05, 4.69) is 10.3 Å². The molecule has 0 aliphatic rings. The first-order valence-corrected chi connectivity index (χ1v) is 6.21. The van der Waals surface area contributed by atoms with Crippen LogP contribution in [0, 0.1) is 6.92 Å². The SMILES string of the molecule is Cc1cnc(=O)n(CC(=O)Nc2ccc(Cl)cc2N)c1. The largest absolute Gasteiger partial charge is 0.397 e. The molecule has 0 unspecified atom stereocenters. The number of nitrogens with one attached hydrogen (secondary N) is 1. The third-order valence-corrected chi connectivity index (χ3v) is 2.82. The van der Waals surface area contributed by atoms with Crippen molar-refractivity contribution in [1.29, 1.82) is 0 Å². The lowest BCUT2D eigenvalue weighted by Gasteiger charge is -2.09. The van der Waals surface area contributed by atoms with Crippen molar-refractivity contribution < 1.29 is 4.79 Å². The Morgan fingerprint density at radius 1 is 1.50 bits per heavy atom. The lowest BCUT2D eigenvalue weighted by molar-refractivity contribution is -0.116. The second kappa shape index (κ2) is 5.75. The van der Waals surface area contributed by atoms with E-state index in [0.29, 0.717) is 16.4 Å². The molecule has 0 atom stereocenters. The van der Waals surface area contributed by atoms with Gasteiger partial charge in [-0.1, -0.05) is 11.6 Å². The molecule has 1 aromatic heterocycles. The molecular weight excluding hydrogens is 280 g/mol. The number of benzene rings is 1. The van der Waals surface area contributed by atoms with Crippen molar-refractivity contribution in [3.05, 3.63) is 51.7 Å². The number of hydrogen-bond acceptors (Lipinski definition) is 4. The van der Waals surface area contributed by atoms with Gasteiger partial charge in [0.25, 0.3) is 0 Å². The fourth-order valence-corrected chi connectivity index (χ4v) is 1.85. The molecule has 1 heterocycles. The van der Waals surface area contributed by atoms with E-state index in [4.69, 9.17) is 17.3 Å². The average Bonchev–Trinajstić information content (AvgIpc) is 2.37. The van der Waals surface area contributed by atoms with Gasteiger partial charge in [-0.05, 0) is 30.7 Å². The zero-order valence-corrected chi connectivity index (χ0v) is 11.5. The third kappa shape index (κ3) is 3.36. The first-order chi connectivity index (χ1) is 9.45. The van der Waals surface area contributed by atoms with E-state index in [0.717, 1.165) is 5.56 Å². The molecule has 0 aliphatic carbocycles. The summed E-state index contributed by atoms with van der Waals surface area (Å²) in [5.41, 5.74) is 6.87. The fraction of sp³-hybridized carbons (Fsp3) is 0.154. The second-order valence-corrected chi connectivity index (χ2v) is 4.76. The topological polar surface area (TPSA) is 90.0 Å². The lowest BCUT2D eigenvalue weighted by atomic mass is 10.2. The van der Waals surface area contributed by atoms with E-state index in [1.807, 2.05) is 0 Å². The summed E-state index contributed by atoms with van der Waals surface area (Å²) in [5, 5.41) is 3.11. The number of hydrogen-bond donors (Lipinski definition) is 2. The van der Waals surface area contributed by atoms with Crippen molar-refractivity contribution in [3.8, 4) is 0 Å². The van der Waals surface area contributed by atoms with Gasteiger partial charge in [0, 0.05) is 17.4 Å². The van der Waals surface area contributed by atoms with Crippen LogP contribution in [-0.2, 0) is 11.3 Å². The molecule has 0 fully saturated rings. The molecule has 1 amide bonds. The van der Waals surface area contributed by atoms with Gasteiger partial charge in [0.1, 0.15) is 6.54 Å². The fourth-order valence-electron chi connectivity index (χ4n) is 1.67. The van der Waals surface area contributed by atoms with Crippen molar-refractivity contribution >= 4 is 28.9 Å². The summed E-state index contributed by atoms with van der Waals surface area (Å²) in [5.74, 6) is -0.367. The highest BCUT2D eigenvalue weighted by atomic mass is 35.5. The molecule has 0 bridgehead atoms. The third-order valence-electron chi connectivity index (χ3n) is 2.59. The number of aryl methyl sites for hydroxylation is 1. The van der Waals surface area contributed by atoms with E-state index in [1.54, 1.807) is 25.3 Å². The first-order valence-electron chi connectivity index (χ1n) is 5.83. The molecule has 6 nitrogen and oxygen atoms in total. The highest BCUT2D eigenvalue weighted by Crippen LogP contribution is 2.22. The van der Waals surface area contributed by atoms with Crippen LogP contribution < -0.4 is 16.7 Å². The maximum Gasteiger partial charge on any atom is 0.347 e. The van der Waals surface area contributed by atoms with Gasteiger partial charge in [-0.15, -0.1) is 0 Å². The van der Waals surface area contributed by atoms with Crippen molar-refractivity contribution in [2.45, 2.75) is 13.5 Å². The number of carbonyl (C=O) groups excluding carboxylic acids is 1. The summed E-state index contributed by atoms with van der Waals surface area (Å²) in [6.45, 7) is 1.66. The van der Waals surface area contributed by atoms with E-state index in [-0.39, 0.29) is 12.5 Å². The number of halogens is 1. The van der Waals surface area contributed by atoms with Crippen LogP contribution in [0.25, 0.3) is 0 Å². The van der Waals surface area contributed by atoms with Gasteiger partial charge in [0.2, 0.25) is 5.91 Å². The van der Waals surface area contributed by atoms with E-state index in [9.17, 15) is 9.59 Å². The molecule has 0 radical (unpaired) electrons. The highest BCUT2D eigenvalue weighted by Gasteiger charge is 2.08. The number of nitrogen functional groups attached to an aromatic ring is 1. The first kappa shape index (κ1) is 14.1. The van der Waals surface area contributed by atoms with Crippen molar-refractivity contribution in [3.63, 3.8) is 0 Å². The number of rotatable bonds is 3. The normalized spacial score (nSPS) is 10.3. The molecule has 2 aromatic rings. The van der Waals surface area contributed by atoms with Gasteiger partial charge >= 0.3 is 5.69 Å². The van der Waals surface area contributed by atoms with Crippen LogP contribution in [-0.4, -0.2) is 15.5 Å². The summed E-state index contributed by atoms with van der Waals surface area (Å²) in [7, 11) is 0.